The van der Waals surface area contributed by atoms with Crippen LogP contribution < -0.4 is 9.47 Å². The lowest BCUT2D eigenvalue weighted by molar-refractivity contribution is -0.385. The quantitative estimate of drug-likeness (QED) is 0.492. The van der Waals surface area contributed by atoms with E-state index in [1.54, 1.807) is 6.07 Å². The van der Waals surface area contributed by atoms with Crippen LogP contribution in [0.4, 0.5) is 11.4 Å². The first kappa shape index (κ1) is 18.1. The molecule has 0 amide bonds. The van der Waals surface area contributed by atoms with Crippen molar-refractivity contribution in [1.82, 2.24) is 9.97 Å². The molecule has 140 valence electrons. The van der Waals surface area contributed by atoms with Gasteiger partial charge in [0.05, 0.1) is 34.6 Å². The minimum atomic E-state index is -0.551. The van der Waals surface area contributed by atoms with Crippen molar-refractivity contribution in [3.05, 3.63) is 50.6 Å². The summed E-state index contributed by atoms with van der Waals surface area (Å²) in [6.07, 6.45) is 0.685. The van der Waals surface area contributed by atoms with Crippen LogP contribution in [-0.2, 0) is 0 Å². The van der Waals surface area contributed by atoms with Crippen LogP contribution in [0.3, 0.4) is 0 Å². The molecule has 0 aliphatic rings. The average molecular weight is 372 g/mol. The summed E-state index contributed by atoms with van der Waals surface area (Å²) in [7, 11) is 1.39. The molecule has 0 aliphatic carbocycles. The van der Waals surface area contributed by atoms with Crippen molar-refractivity contribution in [3.8, 4) is 22.9 Å². The largest absolute Gasteiger partial charge is 0.493 e. The number of methoxy groups -OCH3 is 1. The molecule has 0 unspecified atom stereocenters. The number of hydrogen-bond donors (Lipinski definition) is 1. The Morgan fingerprint density at radius 1 is 1.15 bits per heavy atom. The van der Waals surface area contributed by atoms with Gasteiger partial charge in [0.25, 0.3) is 5.69 Å². The van der Waals surface area contributed by atoms with Crippen molar-refractivity contribution in [3.63, 3.8) is 0 Å². The second kappa shape index (κ2) is 7.28. The second-order valence-corrected chi connectivity index (χ2v) is 5.68. The van der Waals surface area contributed by atoms with Gasteiger partial charge in [-0.2, -0.15) is 0 Å². The van der Waals surface area contributed by atoms with Gasteiger partial charge in [-0.15, -0.1) is 0 Å². The molecule has 0 atom stereocenters. The molecule has 0 saturated heterocycles. The Morgan fingerprint density at radius 3 is 2.56 bits per heavy atom. The number of fused-ring (bicyclic) bond motifs is 1. The van der Waals surface area contributed by atoms with Crippen LogP contribution in [0.15, 0.2) is 30.3 Å². The molecule has 0 aliphatic heterocycles. The van der Waals surface area contributed by atoms with Crippen LogP contribution in [0.1, 0.15) is 13.3 Å². The molecule has 1 aromatic heterocycles. The summed E-state index contributed by atoms with van der Waals surface area (Å²) in [6.45, 7) is 2.20. The fraction of sp³-hybridized carbons (Fsp3) is 0.235. The van der Waals surface area contributed by atoms with E-state index in [1.807, 2.05) is 6.92 Å². The summed E-state index contributed by atoms with van der Waals surface area (Å²) in [5, 5.41) is 22.4. The maximum Gasteiger partial charge on any atom is 0.315 e. The molecular weight excluding hydrogens is 356 g/mol. The topological polar surface area (TPSA) is 133 Å². The SMILES string of the molecule is CCCOc1c(OC)cc(-c2nc3ccc([N+](=O)[O-])cc3[nH]2)cc1[N+](=O)[O-]. The van der Waals surface area contributed by atoms with E-state index in [9.17, 15) is 20.2 Å². The number of rotatable bonds is 7. The maximum atomic E-state index is 11.5. The molecule has 3 rings (SSSR count). The highest BCUT2D eigenvalue weighted by Gasteiger charge is 2.24. The number of H-pyrrole nitrogens is 1. The summed E-state index contributed by atoms with van der Waals surface area (Å²) < 4.78 is 10.7. The minimum absolute atomic E-state index is 0.0554. The first-order chi connectivity index (χ1) is 12.9. The number of imidazole rings is 1. The molecule has 3 aromatic rings. The van der Waals surface area contributed by atoms with Crippen molar-refractivity contribution in [2.24, 2.45) is 0 Å². The maximum absolute atomic E-state index is 11.5. The van der Waals surface area contributed by atoms with Crippen LogP contribution in [-0.4, -0.2) is 33.5 Å². The van der Waals surface area contributed by atoms with E-state index in [2.05, 4.69) is 9.97 Å². The normalized spacial score (nSPS) is 10.7. The number of nitrogens with one attached hydrogen (secondary N) is 1. The number of hydrogen-bond acceptors (Lipinski definition) is 7. The number of aromatic nitrogens is 2. The van der Waals surface area contributed by atoms with Gasteiger partial charge in [-0.25, -0.2) is 4.98 Å². The number of nitro groups is 2. The van der Waals surface area contributed by atoms with Crippen LogP contribution in [0.2, 0.25) is 0 Å². The summed E-state index contributed by atoms with van der Waals surface area (Å²) in [5.41, 5.74) is 1.03. The van der Waals surface area contributed by atoms with Crippen molar-refractivity contribution >= 4 is 22.4 Å². The molecule has 0 fully saturated rings. The Labute approximate surface area is 153 Å². The molecule has 0 saturated carbocycles. The minimum Gasteiger partial charge on any atom is -0.493 e. The molecule has 1 N–H and O–H groups in total. The van der Waals surface area contributed by atoms with Crippen molar-refractivity contribution in [2.45, 2.75) is 13.3 Å². The third-order valence-corrected chi connectivity index (χ3v) is 3.85. The highest BCUT2D eigenvalue weighted by atomic mass is 16.6. The van der Waals surface area contributed by atoms with Gasteiger partial charge in [0.1, 0.15) is 5.82 Å². The lowest BCUT2D eigenvalue weighted by Gasteiger charge is -2.11. The van der Waals surface area contributed by atoms with Gasteiger partial charge in [0.2, 0.25) is 5.75 Å². The summed E-state index contributed by atoms with van der Waals surface area (Å²) in [6, 6.07) is 7.12. The van der Waals surface area contributed by atoms with Gasteiger partial charge in [-0.3, -0.25) is 20.2 Å². The Hall–Kier alpha value is -3.69. The summed E-state index contributed by atoms with van der Waals surface area (Å²) >= 11 is 0. The first-order valence-electron chi connectivity index (χ1n) is 8.08. The zero-order chi connectivity index (χ0) is 19.6. The molecule has 27 heavy (non-hydrogen) atoms. The Balaban J connectivity index is 2.13. The Bertz CT molecular complexity index is 1030. The molecular formula is C17H16N4O6. The van der Waals surface area contributed by atoms with E-state index in [4.69, 9.17) is 9.47 Å². The lowest BCUT2D eigenvalue weighted by Crippen LogP contribution is -2.02. The van der Waals surface area contributed by atoms with Gasteiger partial charge < -0.3 is 14.5 Å². The van der Waals surface area contributed by atoms with Crippen molar-refractivity contribution in [1.29, 1.82) is 0 Å². The van der Waals surface area contributed by atoms with Gasteiger partial charge in [-0.1, -0.05) is 6.92 Å². The molecule has 10 heteroatoms. The predicted octanol–water partition coefficient (Wildman–Crippen LogP) is 3.84. The van der Waals surface area contributed by atoms with E-state index in [1.165, 1.54) is 31.4 Å². The molecule has 10 nitrogen and oxygen atoms in total. The fourth-order valence-electron chi connectivity index (χ4n) is 2.61. The zero-order valence-corrected chi connectivity index (χ0v) is 14.6. The molecule has 0 radical (unpaired) electrons. The fourth-order valence-corrected chi connectivity index (χ4v) is 2.61. The van der Waals surface area contributed by atoms with Crippen LogP contribution in [0.5, 0.6) is 11.5 Å². The van der Waals surface area contributed by atoms with Crippen LogP contribution >= 0.6 is 0 Å². The van der Waals surface area contributed by atoms with Gasteiger partial charge in [0.15, 0.2) is 5.75 Å². The lowest BCUT2D eigenvalue weighted by atomic mass is 10.1. The number of nitrogens with zero attached hydrogens (tertiary/aromatic N) is 3. The van der Waals surface area contributed by atoms with E-state index in [0.29, 0.717) is 35.4 Å². The second-order valence-electron chi connectivity index (χ2n) is 5.68. The van der Waals surface area contributed by atoms with Gasteiger partial charge in [0, 0.05) is 23.8 Å². The monoisotopic (exact) mass is 372 g/mol. The van der Waals surface area contributed by atoms with E-state index in [0.717, 1.165) is 0 Å². The third kappa shape index (κ3) is 3.50. The number of ether oxygens (including phenoxy) is 2. The number of nitro benzene ring substituents is 2. The van der Waals surface area contributed by atoms with Gasteiger partial charge in [-0.05, 0) is 18.6 Å². The molecule has 1 heterocycles. The number of non-ortho nitro benzene ring substituents is 1. The Morgan fingerprint density at radius 2 is 1.93 bits per heavy atom. The third-order valence-electron chi connectivity index (χ3n) is 3.85. The smallest absolute Gasteiger partial charge is 0.315 e. The van der Waals surface area contributed by atoms with Crippen molar-refractivity contribution < 1.29 is 19.3 Å². The number of benzene rings is 2. The van der Waals surface area contributed by atoms with E-state index < -0.39 is 9.85 Å². The molecule has 0 spiro atoms. The number of aromatic amines is 1. The predicted molar refractivity (Wildman–Crippen MR) is 97.2 cm³/mol. The Kier molecular flexibility index (Phi) is 4.88. The van der Waals surface area contributed by atoms with Gasteiger partial charge >= 0.3 is 5.69 Å². The van der Waals surface area contributed by atoms with E-state index in [-0.39, 0.29) is 22.9 Å². The average Bonchev–Trinajstić information content (AvgIpc) is 3.08. The summed E-state index contributed by atoms with van der Waals surface area (Å²) in [4.78, 5) is 28.7. The standard InChI is InChI=1S/C17H16N4O6/c1-3-6-27-16-14(21(24)25)7-10(8-15(16)26-2)17-18-12-5-4-11(20(22)23)9-13(12)19-17/h4-5,7-9H,3,6H2,1-2H3,(H,18,19). The summed E-state index contributed by atoms with van der Waals surface area (Å²) in [5.74, 6) is 0.591. The highest BCUT2D eigenvalue weighted by molar-refractivity contribution is 5.82. The molecule has 2 aromatic carbocycles. The molecule has 0 bridgehead atoms. The van der Waals surface area contributed by atoms with Crippen molar-refractivity contribution in [2.75, 3.05) is 13.7 Å². The van der Waals surface area contributed by atoms with E-state index >= 15 is 0 Å². The zero-order valence-electron chi connectivity index (χ0n) is 14.6. The van der Waals surface area contributed by atoms with Crippen LogP contribution in [0, 0.1) is 20.2 Å². The van der Waals surface area contributed by atoms with Crippen LogP contribution in [0.25, 0.3) is 22.4 Å². The highest BCUT2D eigenvalue weighted by Crippen LogP contribution is 2.41. The first-order valence-corrected chi connectivity index (χ1v) is 8.08.